The molecule has 1 aliphatic rings. The van der Waals surface area contributed by atoms with Crippen LogP contribution in [0.4, 0.5) is 0 Å². The minimum absolute atomic E-state index is 0. The molecule has 0 fully saturated rings. The van der Waals surface area contributed by atoms with Crippen LogP contribution in [0.5, 0.6) is 5.75 Å². The molecule has 13 heavy (non-hydrogen) atoms. The first kappa shape index (κ1) is 10.8. The first-order valence-electron chi connectivity index (χ1n) is 4.30. The molecule has 0 radical (unpaired) electrons. The van der Waals surface area contributed by atoms with Crippen molar-refractivity contribution in [3.8, 4) is 5.75 Å². The van der Waals surface area contributed by atoms with Gasteiger partial charge in [-0.25, -0.2) is 0 Å². The van der Waals surface area contributed by atoms with Crippen LogP contribution in [0.1, 0.15) is 24.3 Å². The molecular formula is C9H14ClNOS. The van der Waals surface area contributed by atoms with Crippen molar-refractivity contribution in [1.82, 2.24) is 0 Å². The molecule has 0 saturated carbocycles. The first-order valence-corrected chi connectivity index (χ1v) is 5.25. The van der Waals surface area contributed by atoms with Gasteiger partial charge in [-0.05, 0) is 24.8 Å². The van der Waals surface area contributed by atoms with Crippen LogP contribution in [0, 0.1) is 0 Å². The summed E-state index contributed by atoms with van der Waals surface area (Å²) < 4.78 is 5.58. The lowest BCUT2D eigenvalue weighted by molar-refractivity contribution is 0.317. The quantitative estimate of drug-likeness (QED) is 0.787. The number of halogens is 1. The van der Waals surface area contributed by atoms with E-state index in [-0.39, 0.29) is 12.4 Å². The van der Waals surface area contributed by atoms with Gasteiger partial charge in [0.1, 0.15) is 5.75 Å². The number of ether oxygens (including phenoxy) is 1. The van der Waals surface area contributed by atoms with E-state index < -0.39 is 0 Å². The smallest absolute Gasteiger partial charge is 0.133 e. The summed E-state index contributed by atoms with van der Waals surface area (Å²) in [5, 5.41) is 4.24. The normalized spacial score (nSPS) is 20.8. The molecular weight excluding hydrogens is 206 g/mol. The lowest BCUT2D eigenvalue weighted by Gasteiger charge is -2.09. The van der Waals surface area contributed by atoms with Gasteiger partial charge in [0.15, 0.2) is 0 Å². The van der Waals surface area contributed by atoms with Gasteiger partial charge < -0.3 is 10.5 Å². The van der Waals surface area contributed by atoms with Gasteiger partial charge in [0.25, 0.3) is 0 Å². The highest BCUT2D eigenvalue weighted by atomic mass is 35.5. The molecule has 0 aliphatic carbocycles. The minimum atomic E-state index is 0. The van der Waals surface area contributed by atoms with Crippen molar-refractivity contribution in [2.24, 2.45) is 5.73 Å². The highest BCUT2D eigenvalue weighted by Crippen LogP contribution is 2.35. The van der Waals surface area contributed by atoms with Gasteiger partial charge in [-0.2, -0.15) is 0 Å². The Hall–Kier alpha value is -0.250. The second kappa shape index (κ2) is 4.84. The van der Waals surface area contributed by atoms with Crippen LogP contribution < -0.4 is 10.5 Å². The third kappa shape index (κ3) is 2.16. The molecule has 2 heterocycles. The van der Waals surface area contributed by atoms with Crippen LogP contribution >= 0.6 is 23.7 Å². The SMILES string of the molecule is Cl.NCC1CCCOc2cscc21. The highest BCUT2D eigenvalue weighted by Gasteiger charge is 2.18. The standard InChI is InChI=1S/C9H13NOS.ClH/c10-4-7-2-1-3-11-9-6-12-5-8(7)9;/h5-7H,1-4,10H2;1H. The summed E-state index contributed by atoms with van der Waals surface area (Å²) in [7, 11) is 0. The van der Waals surface area contributed by atoms with Crippen LogP contribution in [0.3, 0.4) is 0 Å². The summed E-state index contributed by atoms with van der Waals surface area (Å²) in [4.78, 5) is 0. The second-order valence-corrected chi connectivity index (χ2v) is 3.86. The molecule has 0 bridgehead atoms. The lowest BCUT2D eigenvalue weighted by atomic mass is 9.97. The Bertz CT molecular complexity index is 264. The van der Waals surface area contributed by atoms with Crippen molar-refractivity contribution in [3.63, 3.8) is 0 Å². The highest BCUT2D eigenvalue weighted by molar-refractivity contribution is 7.08. The fourth-order valence-corrected chi connectivity index (χ4v) is 2.47. The number of nitrogens with two attached hydrogens (primary N) is 1. The van der Waals surface area contributed by atoms with E-state index in [2.05, 4.69) is 10.8 Å². The summed E-state index contributed by atoms with van der Waals surface area (Å²) in [6.07, 6.45) is 2.29. The van der Waals surface area contributed by atoms with E-state index in [1.807, 2.05) is 0 Å². The van der Waals surface area contributed by atoms with E-state index in [4.69, 9.17) is 10.5 Å². The Morgan fingerprint density at radius 1 is 1.54 bits per heavy atom. The number of hydrogen-bond acceptors (Lipinski definition) is 3. The molecule has 4 heteroatoms. The van der Waals surface area contributed by atoms with Gasteiger partial charge in [-0.3, -0.25) is 0 Å². The van der Waals surface area contributed by atoms with Crippen LogP contribution in [0.2, 0.25) is 0 Å². The topological polar surface area (TPSA) is 35.2 Å². The maximum Gasteiger partial charge on any atom is 0.133 e. The van der Waals surface area contributed by atoms with E-state index >= 15 is 0 Å². The van der Waals surface area contributed by atoms with Crippen molar-refractivity contribution in [3.05, 3.63) is 16.3 Å². The Morgan fingerprint density at radius 3 is 3.15 bits per heavy atom. The summed E-state index contributed by atoms with van der Waals surface area (Å²) in [6, 6.07) is 0. The zero-order chi connectivity index (χ0) is 8.39. The van der Waals surface area contributed by atoms with E-state index in [0.29, 0.717) is 5.92 Å². The Morgan fingerprint density at radius 2 is 2.38 bits per heavy atom. The molecule has 1 aliphatic heterocycles. The van der Waals surface area contributed by atoms with E-state index in [1.165, 1.54) is 12.0 Å². The van der Waals surface area contributed by atoms with E-state index in [9.17, 15) is 0 Å². The zero-order valence-corrected chi connectivity index (χ0v) is 9.00. The van der Waals surface area contributed by atoms with Crippen LogP contribution in [-0.4, -0.2) is 13.2 Å². The van der Waals surface area contributed by atoms with Gasteiger partial charge in [0, 0.05) is 16.9 Å². The van der Waals surface area contributed by atoms with Gasteiger partial charge in [-0.1, -0.05) is 0 Å². The molecule has 0 amide bonds. The number of fused-ring (bicyclic) bond motifs is 1. The maximum absolute atomic E-state index is 5.70. The molecule has 1 unspecified atom stereocenters. The average Bonchev–Trinajstić information content (AvgIpc) is 2.46. The van der Waals surface area contributed by atoms with Gasteiger partial charge >= 0.3 is 0 Å². The number of thiophene rings is 1. The van der Waals surface area contributed by atoms with Gasteiger partial charge in [0.05, 0.1) is 6.61 Å². The summed E-state index contributed by atoms with van der Waals surface area (Å²) in [5.41, 5.74) is 7.02. The monoisotopic (exact) mass is 219 g/mol. The third-order valence-corrected chi connectivity index (χ3v) is 3.07. The van der Waals surface area contributed by atoms with Crippen LogP contribution in [0.15, 0.2) is 10.8 Å². The zero-order valence-electron chi connectivity index (χ0n) is 7.36. The van der Waals surface area contributed by atoms with Crippen molar-refractivity contribution < 1.29 is 4.74 Å². The second-order valence-electron chi connectivity index (χ2n) is 3.11. The van der Waals surface area contributed by atoms with Crippen LogP contribution in [-0.2, 0) is 0 Å². The molecule has 2 nitrogen and oxygen atoms in total. The van der Waals surface area contributed by atoms with Gasteiger partial charge in [0.2, 0.25) is 0 Å². The predicted octanol–water partition coefficient (Wildman–Crippen LogP) is 2.38. The Labute approximate surface area is 88.5 Å². The lowest BCUT2D eigenvalue weighted by Crippen LogP contribution is -2.10. The van der Waals surface area contributed by atoms with Crippen molar-refractivity contribution >= 4 is 23.7 Å². The summed E-state index contributed by atoms with van der Waals surface area (Å²) in [6.45, 7) is 1.59. The maximum atomic E-state index is 5.70. The third-order valence-electron chi connectivity index (χ3n) is 2.33. The van der Waals surface area contributed by atoms with Crippen LogP contribution in [0.25, 0.3) is 0 Å². The fraction of sp³-hybridized carbons (Fsp3) is 0.556. The Kier molecular flexibility index (Phi) is 4.03. The largest absolute Gasteiger partial charge is 0.492 e. The average molecular weight is 220 g/mol. The molecule has 2 rings (SSSR count). The molecule has 0 aromatic carbocycles. The Balaban J connectivity index is 0.000000845. The summed E-state index contributed by atoms with van der Waals surface area (Å²) in [5.74, 6) is 1.58. The van der Waals surface area contributed by atoms with E-state index in [1.54, 1.807) is 11.3 Å². The molecule has 1 aromatic rings. The molecule has 0 saturated heterocycles. The molecule has 2 N–H and O–H groups in total. The molecule has 1 aromatic heterocycles. The van der Waals surface area contributed by atoms with E-state index in [0.717, 1.165) is 25.3 Å². The minimum Gasteiger partial charge on any atom is -0.492 e. The van der Waals surface area contributed by atoms with Crippen molar-refractivity contribution in [1.29, 1.82) is 0 Å². The fourth-order valence-electron chi connectivity index (χ4n) is 1.62. The summed E-state index contributed by atoms with van der Waals surface area (Å²) >= 11 is 1.70. The predicted molar refractivity (Wildman–Crippen MR) is 58.1 cm³/mol. The molecule has 74 valence electrons. The van der Waals surface area contributed by atoms with Crippen molar-refractivity contribution in [2.75, 3.05) is 13.2 Å². The number of hydrogen-bond donors (Lipinski definition) is 1. The molecule has 1 atom stereocenters. The first-order chi connectivity index (χ1) is 5.92. The van der Waals surface area contributed by atoms with Gasteiger partial charge in [-0.15, -0.1) is 23.7 Å². The molecule has 0 spiro atoms. The number of rotatable bonds is 1. The van der Waals surface area contributed by atoms with Crippen molar-refractivity contribution in [2.45, 2.75) is 18.8 Å².